The van der Waals surface area contributed by atoms with Crippen LogP contribution in [0, 0.1) is 0 Å². The second kappa shape index (κ2) is 7.70. The largest absolute Gasteiger partial charge is 0.384 e. The molecule has 0 unspecified atom stereocenters. The maximum absolute atomic E-state index is 5.69. The highest BCUT2D eigenvalue weighted by Crippen LogP contribution is 2.18. The topological polar surface area (TPSA) is 80.0 Å². The molecule has 2 heterocycles. The number of nitrogens with zero attached hydrogens (tertiary/aromatic N) is 4. The first-order valence-corrected chi connectivity index (χ1v) is 8.06. The molecule has 0 saturated heterocycles. The first kappa shape index (κ1) is 16.1. The number of fused-ring (bicyclic) bond motifs is 1. The van der Waals surface area contributed by atoms with E-state index in [-0.39, 0.29) is 0 Å². The standard InChI is InChI=1S/C18H22N6/c1-24(12-14-6-3-2-4-7-14)11-5-10-20-17-15-8-9-16(19)23-18(15)22-13-21-17/h2-4,6-9,13H,5,10-12H2,1H3,(H3,19,20,21,22,23). The van der Waals surface area contributed by atoms with Gasteiger partial charge in [0.1, 0.15) is 18.0 Å². The average molecular weight is 322 g/mol. The molecule has 3 aromatic rings. The van der Waals surface area contributed by atoms with Crippen molar-refractivity contribution in [3.8, 4) is 0 Å². The zero-order chi connectivity index (χ0) is 16.8. The molecule has 0 aliphatic carbocycles. The van der Waals surface area contributed by atoms with Gasteiger partial charge in [-0.2, -0.15) is 0 Å². The van der Waals surface area contributed by atoms with Crippen molar-refractivity contribution >= 4 is 22.7 Å². The summed E-state index contributed by atoms with van der Waals surface area (Å²) in [5, 5.41) is 4.26. The predicted molar refractivity (Wildman–Crippen MR) is 97.6 cm³/mol. The van der Waals surface area contributed by atoms with Crippen LogP contribution in [0.1, 0.15) is 12.0 Å². The zero-order valence-corrected chi connectivity index (χ0v) is 13.8. The van der Waals surface area contributed by atoms with E-state index in [1.807, 2.05) is 12.1 Å². The molecule has 3 rings (SSSR count). The van der Waals surface area contributed by atoms with Crippen LogP contribution < -0.4 is 11.1 Å². The van der Waals surface area contributed by atoms with Crippen molar-refractivity contribution in [3.05, 3.63) is 54.4 Å². The van der Waals surface area contributed by atoms with Gasteiger partial charge in [-0.15, -0.1) is 0 Å². The number of aromatic nitrogens is 3. The van der Waals surface area contributed by atoms with Gasteiger partial charge in [0.15, 0.2) is 5.65 Å². The fourth-order valence-electron chi connectivity index (χ4n) is 2.63. The molecule has 6 nitrogen and oxygen atoms in total. The summed E-state index contributed by atoms with van der Waals surface area (Å²) in [5.74, 6) is 1.27. The molecular weight excluding hydrogens is 300 g/mol. The third-order valence-electron chi connectivity index (χ3n) is 3.82. The van der Waals surface area contributed by atoms with Crippen molar-refractivity contribution in [1.82, 2.24) is 19.9 Å². The van der Waals surface area contributed by atoms with E-state index in [4.69, 9.17) is 5.73 Å². The molecule has 0 fully saturated rings. The number of hydrogen-bond acceptors (Lipinski definition) is 6. The predicted octanol–water partition coefficient (Wildman–Crippen LogP) is 2.54. The lowest BCUT2D eigenvalue weighted by atomic mass is 10.2. The Morgan fingerprint density at radius 2 is 1.92 bits per heavy atom. The molecule has 6 heteroatoms. The van der Waals surface area contributed by atoms with Gasteiger partial charge in [0.25, 0.3) is 0 Å². The molecule has 124 valence electrons. The summed E-state index contributed by atoms with van der Waals surface area (Å²) in [5.41, 5.74) is 7.65. The number of nitrogens with one attached hydrogen (secondary N) is 1. The van der Waals surface area contributed by atoms with Crippen molar-refractivity contribution in [3.63, 3.8) is 0 Å². The van der Waals surface area contributed by atoms with Gasteiger partial charge in [0.2, 0.25) is 0 Å². The van der Waals surface area contributed by atoms with Crippen molar-refractivity contribution < 1.29 is 0 Å². The second-order valence-electron chi connectivity index (χ2n) is 5.83. The molecule has 0 amide bonds. The van der Waals surface area contributed by atoms with Crippen LogP contribution in [0.3, 0.4) is 0 Å². The molecule has 0 bridgehead atoms. The molecule has 24 heavy (non-hydrogen) atoms. The van der Waals surface area contributed by atoms with Gasteiger partial charge in [0.05, 0.1) is 5.39 Å². The van der Waals surface area contributed by atoms with Crippen molar-refractivity contribution in [2.45, 2.75) is 13.0 Å². The minimum Gasteiger partial charge on any atom is -0.384 e. The van der Waals surface area contributed by atoms with E-state index >= 15 is 0 Å². The highest BCUT2D eigenvalue weighted by atomic mass is 15.1. The molecule has 0 atom stereocenters. The van der Waals surface area contributed by atoms with Crippen LogP contribution in [0.5, 0.6) is 0 Å². The Morgan fingerprint density at radius 1 is 1.08 bits per heavy atom. The van der Waals surface area contributed by atoms with Crippen LogP contribution in [0.15, 0.2) is 48.8 Å². The molecule has 2 aromatic heterocycles. The average Bonchev–Trinajstić information content (AvgIpc) is 2.59. The van der Waals surface area contributed by atoms with Crippen molar-refractivity contribution in [2.75, 3.05) is 31.2 Å². The van der Waals surface area contributed by atoms with E-state index in [9.17, 15) is 0 Å². The molecule has 0 aliphatic heterocycles. The number of pyridine rings is 1. The Balaban J connectivity index is 1.50. The summed E-state index contributed by atoms with van der Waals surface area (Å²) in [6.45, 7) is 2.81. The number of rotatable bonds is 7. The maximum atomic E-state index is 5.69. The summed E-state index contributed by atoms with van der Waals surface area (Å²) in [7, 11) is 2.14. The normalized spacial score (nSPS) is 11.1. The third-order valence-corrected chi connectivity index (χ3v) is 3.82. The lowest BCUT2D eigenvalue weighted by molar-refractivity contribution is 0.325. The van der Waals surface area contributed by atoms with Gasteiger partial charge in [0, 0.05) is 13.1 Å². The van der Waals surface area contributed by atoms with E-state index in [2.05, 4.69) is 56.5 Å². The number of anilines is 2. The molecular formula is C18H22N6. The van der Waals surface area contributed by atoms with Crippen LogP contribution in [0.2, 0.25) is 0 Å². The van der Waals surface area contributed by atoms with Crippen LogP contribution in [-0.4, -0.2) is 40.0 Å². The molecule has 0 aliphatic rings. The minimum atomic E-state index is 0.467. The Morgan fingerprint density at radius 3 is 2.75 bits per heavy atom. The Hall–Kier alpha value is -2.73. The summed E-state index contributed by atoms with van der Waals surface area (Å²) in [4.78, 5) is 15.0. The van der Waals surface area contributed by atoms with Gasteiger partial charge in [-0.3, -0.25) is 0 Å². The Kier molecular flexibility index (Phi) is 5.18. The van der Waals surface area contributed by atoms with E-state index in [0.29, 0.717) is 11.5 Å². The number of hydrogen-bond donors (Lipinski definition) is 2. The van der Waals surface area contributed by atoms with Crippen molar-refractivity contribution in [1.29, 1.82) is 0 Å². The molecule has 0 spiro atoms. The number of nitrogens with two attached hydrogens (primary N) is 1. The van der Waals surface area contributed by atoms with Gasteiger partial charge >= 0.3 is 0 Å². The lowest BCUT2D eigenvalue weighted by Gasteiger charge is -2.17. The summed E-state index contributed by atoms with van der Waals surface area (Å²) >= 11 is 0. The van der Waals surface area contributed by atoms with Crippen LogP contribution in [0.25, 0.3) is 11.0 Å². The smallest absolute Gasteiger partial charge is 0.166 e. The van der Waals surface area contributed by atoms with E-state index in [1.54, 1.807) is 6.07 Å². The van der Waals surface area contributed by atoms with Crippen molar-refractivity contribution in [2.24, 2.45) is 0 Å². The summed E-state index contributed by atoms with van der Waals surface area (Å²) in [6, 6.07) is 14.2. The van der Waals surface area contributed by atoms with Gasteiger partial charge in [-0.1, -0.05) is 30.3 Å². The number of nitrogen functional groups attached to an aromatic ring is 1. The first-order valence-electron chi connectivity index (χ1n) is 8.06. The lowest BCUT2D eigenvalue weighted by Crippen LogP contribution is -2.21. The summed E-state index contributed by atoms with van der Waals surface area (Å²) in [6.07, 6.45) is 2.54. The monoisotopic (exact) mass is 322 g/mol. The second-order valence-corrected chi connectivity index (χ2v) is 5.83. The zero-order valence-electron chi connectivity index (χ0n) is 13.8. The van der Waals surface area contributed by atoms with E-state index in [0.717, 1.165) is 37.3 Å². The fraction of sp³-hybridized carbons (Fsp3) is 0.278. The van der Waals surface area contributed by atoms with Crippen LogP contribution in [0.4, 0.5) is 11.6 Å². The van der Waals surface area contributed by atoms with E-state index < -0.39 is 0 Å². The molecule has 0 radical (unpaired) electrons. The highest BCUT2D eigenvalue weighted by Gasteiger charge is 2.05. The SMILES string of the molecule is CN(CCCNc1ncnc2nc(N)ccc12)Cc1ccccc1. The minimum absolute atomic E-state index is 0.467. The van der Waals surface area contributed by atoms with E-state index in [1.165, 1.54) is 11.9 Å². The summed E-state index contributed by atoms with van der Waals surface area (Å²) < 4.78 is 0. The third kappa shape index (κ3) is 4.17. The van der Waals surface area contributed by atoms with Crippen LogP contribution in [-0.2, 0) is 6.54 Å². The van der Waals surface area contributed by atoms with Gasteiger partial charge in [-0.25, -0.2) is 15.0 Å². The molecule has 1 aromatic carbocycles. The van der Waals surface area contributed by atoms with Crippen LogP contribution >= 0.6 is 0 Å². The maximum Gasteiger partial charge on any atom is 0.166 e. The quantitative estimate of drug-likeness (QED) is 0.651. The fourth-order valence-corrected chi connectivity index (χ4v) is 2.63. The van der Waals surface area contributed by atoms with Gasteiger partial charge < -0.3 is 16.0 Å². The van der Waals surface area contributed by atoms with Gasteiger partial charge in [-0.05, 0) is 37.7 Å². The highest BCUT2D eigenvalue weighted by molar-refractivity contribution is 5.86. The first-order chi connectivity index (χ1) is 11.7. The Labute approximate surface area is 141 Å². The molecule has 0 saturated carbocycles. The molecule has 3 N–H and O–H groups in total. The Bertz CT molecular complexity index is 790. The number of benzene rings is 1.